The third kappa shape index (κ3) is 2.59. The summed E-state index contributed by atoms with van der Waals surface area (Å²) in [6.07, 6.45) is 0.571. The second-order valence-electron chi connectivity index (χ2n) is 5.81. The van der Waals surface area contributed by atoms with Crippen LogP contribution >= 0.6 is 0 Å². The number of hydrogen-bond acceptors (Lipinski definition) is 3. The van der Waals surface area contributed by atoms with Crippen LogP contribution in [-0.2, 0) is 9.53 Å². The second kappa shape index (κ2) is 5.12. The maximum absolute atomic E-state index is 12.4. The van der Waals surface area contributed by atoms with E-state index in [1.165, 1.54) is 4.90 Å². The number of carbonyl (C=O) groups excluding carboxylic acids is 2. The molecule has 1 aromatic carbocycles. The van der Waals surface area contributed by atoms with Crippen molar-refractivity contribution < 1.29 is 14.3 Å². The van der Waals surface area contributed by atoms with Crippen LogP contribution in [0, 0.1) is 0 Å². The van der Waals surface area contributed by atoms with Crippen LogP contribution in [0.4, 0.5) is 10.5 Å². The van der Waals surface area contributed by atoms with Crippen molar-refractivity contribution in [1.82, 2.24) is 0 Å². The number of rotatable bonds is 2. The van der Waals surface area contributed by atoms with Gasteiger partial charge in [0.2, 0.25) is 0 Å². The standard InChI is InChI=1S/C16H19NO3/c1-11-12-7-5-6-8-14(12)17(13(11)9-10-18)15(19)20-16(2,3)4/h5-8,10,13H,1,9H2,2-4H3. The van der Waals surface area contributed by atoms with E-state index in [0.29, 0.717) is 0 Å². The topological polar surface area (TPSA) is 46.6 Å². The molecule has 1 atom stereocenters. The lowest BCUT2D eigenvalue weighted by atomic mass is 10.0. The van der Waals surface area contributed by atoms with Gasteiger partial charge in [-0.3, -0.25) is 4.90 Å². The molecule has 1 unspecified atom stereocenters. The third-order valence-electron chi connectivity index (χ3n) is 3.13. The molecule has 1 aliphatic heterocycles. The van der Waals surface area contributed by atoms with Crippen LogP contribution in [0.15, 0.2) is 30.8 Å². The van der Waals surface area contributed by atoms with Gasteiger partial charge in [0.15, 0.2) is 0 Å². The van der Waals surface area contributed by atoms with Gasteiger partial charge in [0.25, 0.3) is 0 Å². The Balaban J connectivity index is 2.39. The van der Waals surface area contributed by atoms with Crippen molar-refractivity contribution in [3.63, 3.8) is 0 Å². The lowest BCUT2D eigenvalue weighted by Gasteiger charge is -2.28. The largest absolute Gasteiger partial charge is 0.443 e. The molecule has 20 heavy (non-hydrogen) atoms. The van der Waals surface area contributed by atoms with Crippen molar-refractivity contribution in [2.24, 2.45) is 0 Å². The van der Waals surface area contributed by atoms with Gasteiger partial charge in [-0.25, -0.2) is 4.79 Å². The zero-order chi connectivity index (χ0) is 14.9. The van der Waals surface area contributed by atoms with Gasteiger partial charge in [0, 0.05) is 12.0 Å². The number of benzene rings is 1. The molecule has 0 radical (unpaired) electrons. The fourth-order valence-corrected chi connectivity index (χ4v) is 2.33. The summed E-state index contributed by atoms with van der Waals surface area (Å²) in [7, 11) is 0. The second-order valence-corrected chi connectivity index (χ2v) is 5.81. The number of hydrogen-bond donors (Lipinski definition) is 0. The van der Waals surface area contributed by atoms with Crippen LogP contribution in [0.5, 0.6) is 0 Å². The van der Waals surface area contributed by atoms with Gasteiger partial charge in [-0.15, -0.1) is 0 Å². The lowest BCUT2D eigenvalue weighted by molar-refractivity contribution is -0.107. The Morgan fingerprint density at radius 3 is 2.65 bits per heavy atom. The van der Waals surface area contributed by atoms with Crippen LogP contribution in [0.1, 0.15) is 32.8 Å². The summed E-state index contributed by atoms with van der Waals surface area (Å²) in [6.45, 7) is 9.46. The first kappa shape index (κ1) is 14.3. The van der Waals surface area contributed by atoms with E-state index in [0.717, 1.165) is 23.1 Å². The number of ether oxygens (including phenoxy) is 1. The molecule has 106 valence electrons. The molecular formula is C16H19NO3. The van der Waals surface area contributed by atoms with Gasteiger partial charge in [-0.1, -0.05) is 24.8 Å². The van der Waals surface area contributed by atoms with E-state index in [-0.39, 0.29) is 12.5 Å². The van der Waals surface area contributed by atoms with E-state index in [1.807, 2.05) is 45.0 Å². The summed E-state index contributed by atoms with van der Waals surface area (Å²) in [5, 5.41) is 0. The van der Waals surface area contributed by atoms with Crippen LogP contribution in [0.25, 0.3) is 5.57 Å². The summed E-state index contributed by atoms with van der Waals surface area (Å²) < 4.78 is 5.43. The molecule has 4 heteroatoms. The van der Waals surface area contributed by atoms with Crippen LogP contribution in [-0.4, -0.2) is 24.0 Å². The molecule has 0 aromatic heterocycles. The maximum atomic E-state index is 12.4. The van der Waals surface area contributed by atoms with Crippen molar-refractivity contribution in [1.29, 1.82) is 0 Å². The fraction of sp³-hybridized carbons (Fsp3) is 0.375. The Hall–Kier alpha value is -2.10. The van der Waals surface area contributed by atoms with Gasteiger partial charge < -0.3 is 9.53 Å². The minimum atomic E-state index is -0.582. The van der Waals surface area contributed by atoms with Crippen molar-refractivity contribution in [3.05, 3.63) is 36.4 Å². The van der Waals surface area contributed by atoms with Crippen LogP contribution < -0.4 is 4.90 Å². The third-order valence-corrected chi connectivity index (χ3v) is 3.13. The minimum absolute atomic E-state index is 0.215. The smallest absolute Gasteiger partial charge is 0.415 e. The fourth-order valence-electron chi connectivity index (χ4n) is 2.33. The number of carbonyl (C=O) groups is 2. The molecule has 1 heterocycles. The maximum Gasteiger partial charge on any atom is 0.415 e. The Kier molecular flexibility index (Phi) is 3.66. The molecule has 0 bridgehead atoms. The first-order chi connectivity index (χ1) is 9.35. The van der Waals surface area contributed by atoms with Crippen molar-refractivity contribution in [2.75, 3.05) is 4.90 Å². The number of aldehydes is 1. The molecular weight excluding hydrogens is 254 g/mol. The molecule has 1 aromatic rings. The average molecular weight is 273 g/mol. The van der Waals surface area contributed by atoms with Gasteiger partial charge >= 0.3 is 6.09 Å². The number of para-hydroxylation sites is 1. The molecule has 0 aliphatic carbocycles. The molecule has 0 spiro atoms. The van der Waals surface area contributed by atoms with Gasteiger partial charge in [0.1, 0.15) is 11.9 Å². The molecule has 4 nitrogen and oxygen atoms in total. The predicted molar refractivity (Wildman–Crippen MR) is 78.7 cm³/mol. The van der Waals surface area contributed by atoms with Crippen LogP contribution in [0.3, 0.4) is 0 Å². The van der Waals surface area contributed by atoms with Crippen molar-refractivity contribution in [2.45, 2.75) is 38.8 Å². The Morgan fingerprint density at radius 2 is 2.05 bits per heavy atom. The summed E-state index contributed by atoms with van der Waals surface area (Å²) in [5.41, 5.74) is 1.84. The quantitative estimate of drug-likeness (QED) is 0.776. The predicted octanol–water partition coefficient (Wildman–Crippen LogP) is 3.41. The number of nitrogens with zero attached hydrogens (tertiary/aromatic N) is 1. The number of anilines is 1. The zero-order valence-corrected chi connectivity index (χ0v) is 12.1. The first-order valence-corrected chi connectivity index (χ1v) is 6.59. The van der Waals surface area contributed by atoms with E-state index in [2.05, 4.69) is 6.58 Å². The molecule has 0 saturated carbocycles. The Morgan fingerprint density at radius 1 is 1.40 bits per heavy atom. The monoisotopic (exact) mass is 273 g/mol. The van der Waals surface area contributed by atoms with E-state index in [9.17, 15) is 9.59 Å². The highest BCUT2D eigenvalue weighted by molar-refractivity contribution is 6.02. The molecule has 0 saturated heterocycles. The van der Waals surface area contributed by atoms with E-state index < -0.39 is 11.7 Å². The zero-order valence-electron chi connectivity index (χ0n) is 12.1. The van der Waals surface area contributed by atoms with E-state index >= 15 is 0 Å². The lowest BCUT2D eigenvalue weighted by Crippen LogP contribution is -2.41. The summed E-state index contributed by atoms with van der Waals surface area (Å²) in [5.74, 6) is 0. The Bertz CT molecular complexity index is 557. The van der Waals surface area contributed by atoms with Crippen molar-refractivity contribution >= 4 is 23.6 Å². The minimum Gasteiger partial charge on any atom is -0.443 e. The SMILES string of the molecule is C=C1c2ccccc2N(C(=O)OC(C)(C)C)C1CC=O. The van der Waals surface area contributed by atoms with E-state index in [4.69, 9.17) is 4.74 Å². The summed E-state index contributed by atoms with van der Waals surface area (Å²) in [4.78, 5) is 24.8. The Labute approximate surface area is 119 Å². The molecule has 1 amide bonds. The van der Waals surface area contributed by atoms with E-state index in [1.54, 1.807) is 0 Å². The number of fused-ring (bicyclic) bond motifs is 1. The normalized spacial score (nSPS) is 17.9. The van der Waals surface area contributed by atoms with Crippen molar-refractivity contribution in [3.8, 4) is 0 Å². The summed E-state index contributed by atoms with van der Waals surface area (Å²) >= 11 is 0. The highest BCUT2D eigenvalue weighted by Gasteiger charge is 2.38. The molecule has 1 aliphatic rings. The van der Waals surface area contributed by atoms with Crippen LogP contribution in [0.2, 0.25) is 0 Å². The first-order valence-electron chi connectivity index (χ1n) is 6.59. The number of amides is 1. The molecule has 0 fully saturated rings. The summed E-state index contributed by atoms with van der Waals surface area (Å²) in [6, 6.07) is 7.13. The highest BCUT2D eigenvalue weighted by Crippen LogP contribution is 2.41. The van der Waals surface area contributed by atoms with Gasteiger partial charge in [-0.05, 0) is 32.4 Å². The van der Waals surface area contributed by atoms with Gasteiger partial charge in [0.05, 0.1) is 11.7 Å². The van der Waals surface area contributed by atoms with Gasteiger partial charge in [-0.2, -0.15) is 0 Å². The molecule has 0 N–H and O–H groups in total. The molecule has 2 rings (SSSR count). The average Bonchev–Trinajstić information content (AvgIpc) is 2.62. The highest BCUT2D eigenvalue weighted by atomic mass is 16.6.